The lowest BCUT2D eigenvalue weighted by Crippen LogP contribution is -1.80. The fourth-order valence-electron chi connectivity index (χ4n) is 0.950. The molecule has 2 aromatic rings. The van der Waals surface area contributed by atoms with Gasteiger partial charge in [0.1, 0.15) is 0 Å². The van der Waals surface area contributed by atoms with Crippen molar-refractivity contribution in [1.29, 1.82) is 0 Å². The predicted molar refractivity (Wildman–Crippen MR) is 57.5 cm³/mol. The molecule has 0 radical (unpaired) electrons. The highest BCUT2D eigenvalue weighted by Crippen LogP contribution is 2.19. The Labute approximate surface area is 93.2 Å². The third-order valence-electron chi connectivity index (χ3n) is 1.48. The molecule has 66 valence electrons. The molecule has 0 saturated heterocycles. The molecule has 0 aliphatic heterocycles. The van der Waals surface area contributed by atoms with Crippen LogP contribution in [0.2, 0.25) is 5.35 Å². The molecule has 13 heavy (non-hydrogen) atoms. The van der Waals surface area contributed by atoms with Crippen LogP contribution in [0, 0.1) is 3.57 Å². The minimum absolute atomic E-state index is 0.0638. The molecule has 0 atom stereocenters. The second-order valence-corrected chi connectivity index (χ2v) is 3.95. The van der Waals surface area contributed by atoms with Crippen molar-refractivity contribution >= 4 is 34.2 Å². The highest BCUT2D eigenvalue weighted by atomic mass is 127. The van der Waals surface area contributed by atoms with E-state index in [0.29, 0.717) is 5.82 Å². The van der Waals surface area contributed by atoms with Gasteiger partial charge in [-0.05, 0) is 46.3 Å². The summed E-state index contributed by atoms with van der Waals surface area (Å²) in [5.41, 5.74) is 0.905. The van der Waals surface area contributed by atoms with E-state index in [1.165, 1.54) is 0 Å². The molecule has 0 N–H and O–H groups in total. The van der Waals surface area contributed by atoms with Crippen molar-refractivity contribution in [1.82, 2.24) is 10.1 Å². The van der Waals surface area contributed by atoms with Crippen molar-refractivity contribution in [2.45, 2.75) is 0 Å². The van der Waals surface area contributed by atoms with E-state index in [4.69, 9.17) is 11.6 Å². The summed E-state index contributed by atoms with van der Waals surface area (Å²) in [4.78, 5) is 3.91. The molecule has 5 heteroatoms. The van der Waals surface area contributed by atoms with Crippen LogP contribution in [0.4, 0.5) is 0 Å². The summed E-state index contributed by atoms with van der Waals surface area (Å²) in [7, 11) is 0. The number of hydrogen-bond donors (Lipinski definition) is 0. The largest absolute Gasteiger partial charge is 0.321 e. The zero-order valence-electron chi connectivity index (χ0n) is 6.37. The van der Waals surface area contributed by atoms with Gasteiger partial charge in [-0.2, -0.15) is 4.98 Å². The molecule has 1 aromatic heterocycles. The van der Waals surface area contributed by atoms with Gasteiger partial charge in [-0.15, -0.1) is 0 Å². The summed E-state index contributed by atoms with van der Waals surface area (Å²) in [6.45, 7) is 0. The van der Waals surface area contributed by atoms with Crippen LogP contribution < -0.4 is 0 Å². The Balaban J connectivity index is 2.46. The maximum absolute atomic E-state index is 5.51. The normalized spacial score (nSPS) is 10.3. The summed E-state index contributed by atoms with van der Waals surface area (Å²) in [6.07, 6.45) is 0. The van der Waals surface area contributed by atoms with Crippen LogP contribution >= 0.6 is 34.2 Å². The number of rotatable bonds is 1. The minimum Gasteiger partial charge on any atom is -0.321 e. The van der Waals surface area contributed by atoms with E-state index in [1.807, 2.05) is 24.3 Å². The van der Waals surface area contributed by atoms with Gasteiger partial charge < -0.3 is 4.52 Å². The fraction of sp³-hybridized carbons (Fsp3) is 0. The molecule has 0 saturated carbocycles. The first kappa shape index (κ1) is 8.96. The van der Waals surface area contributed by atoms with Crippen LogP contribution in [-0.4, -0.2) is 10.1 Å². The van der Waals surface area contributed by atoms with Crippen molar-refractivity contribution in [3.8, 4) is 11.4 Å². The van der Waals surface area contributed by atoms with Crippen LogP contribution in [0.25, 0.3) is 11.4 Å². The van der Waals surface area contributed by atoms with E-state index >= 15 is 0 Å². The average Bonchev–Trinajstić information content (AvgIpc) is 2.52. The SMILES string of the molecule is Clc1nc(-c2cccc(I)c2)no1. The Kier molecular flexibility index (Phi) is 2.50. The molecule has 0 spiro atoms. The van der Waals surface area contributed by atoms with Crippen LogP contribution in [0.15, 0.2) is 28.8 Å². The Bertz CT molecular complexity index is 430. The van der Waals surface area contributed by atoms with Crippen LogP contribution in [-0.2, 0) is 0 Å². The van der Waals surface area contributed by atoms with Crippen molar-refractivity contribution < 1.29 is 4.52 Å². The summed E-state index contributed by atoms with van der Waals surface area (Å²) >= 11 is 7.73. The first-order valence-electron chi connectivity index (χ1n) is 3.51. The number of halogens is 2. The second kappa shape index (κ2) is 3.63. The third-order valence-corrected chi connectivity index (χ3v) is 2.31. The molecule has 0 fully saturated rings. The molecule has 0 bridgehead atoms. The Hall–Kier alpha value is -0.620. The Morgan fingerprint density at radius 2 is 2.23 bits per heavy atom. The molecule has 1 aromatic carbocycles. The fourth-order valence-corrected chi connectivity index (χ4v) is 1.61. The molecule has 0 aliphatic rings. The lowest BCUT2D eigenvalue weighted by atomic mass is 10.2. The van der Waals surface area contributed by atoms with Gasteiger partial charge in [0, 0.05) is 9.13 Å². The van der Waals surface area contributed by atoms with Gasteiger partial charge in [0.2, 0.25) is 5.82 Å². The van der Waals surface area contributed by atoms with Crippen molar-refractivity contribution in [3.63, 3.8) is 0 Å². The van der Waals surface area contributed by atoms with E-state index in [0.717, 1.165) is 9.13 Å². The van der Waals surface area contributed by atoms with Crippen LogP contribution in [0.5, 0.6) is 0 Å². The quantitative estimate of drug-likeness (QED) is 0.760. The lowest BCUT2D eigenvalue weighted by molar-refractivity contribution is 0.421. The average molecular weight is 306 g/mol. The minimum atomic E-state index is 0.0638. The number of hydrogen-bond acceptors (Lipinski definition) is 3. The van der Waals surface area contributed by atoms with Crippen molar-refractivity contribution in [2.24, 2.45) is 0 Å². The second-order valence-electron chi connectivity index (χ2n) is 2.38. The summed E-state index contributed by atoms with van der Waals surface area (Å²) in [5.74, 6) is 0.517. The number of nitrogens with zero attached hydrogens (tertiary/aromatic N) is 2. The molecule has 2 rings (SSSR count). The van der Waals surface area contributed by atoms with Gasteiger partial charge >= 0.3 is 5.35 Å². The first-order valence-corrected chi connectivity index (χ1v) is 4.96. The molecule has 3 nitrogen and oxygen atoms in total. The smallest absolute Gasteiger partial charge is 0.320 e. The van der Waals surface area contributed by atoms with Crippen LogP contribution in [0.1, 0.15) is 0 Å². The van der Waals surface area contributed by atoms with E-state index < -0.39 is 0 Å². The van der Waals surface area contributed by atoms with E-state index in [9.17, 15) is 0 Å². The van der Waals surface area contributed by atoms with Gasteiger partial charge in [0.05, 0.1) is 0 Å². The van der Waals surface area contributed by atoms with Gasteiger partial charge in [0.15, 0.2) is 0 Å². The highest BCUT2D eigenvalue weighted by Gasteiger charge is 2.05. The lowest BCUT2D eigenvalue weighted by Gasteiger charge is -1.93. The summed E-state index contributed by atoms with van der Waals surface area (Å²) in [5, 5.41) is 3.77. The van der Waals surface area contributed by atoms with E-state index in [1.54, 1.807) is 0 Å². The molecule has 0 aliphatic carbocycles. The number of aromatic nitrogens is 2. The predicted octanol–water partition coefficient (Wildman–Crippen LogP) is 2.99. The Morgan fingerprint density at radius 3 is 2.85 bits per heavy atom. The van der Waals surface area contributed by atoms with Gasteiger partial charge in [-0.25, -0.2) is 0 Å². The standard InChI is InChI=1S/C8H4ClIN2O/c9-8-11-7(12-13-8)5-2-1-3-6(10)4-5/h1-4H. The maximum Gasteiger partial charge on any atom is 0.320 e. The topological polar surface area (TPSA) is 38.9 Å². The van der Waals surface area contributed by atoms with Crippen molar-refractivity contribution in [2.75, 3.05) is 0 Å². The molecule has 1 heterocycles. The monoisotopic (exact) mass is 306 g/mol. The Morgan fingerprint density at radius 1 is 1.38 bits per heavy atom. The molecular formula is C8H4ClIN2O. The maximum atomic E-state index is 5.51. The molecular weight excluding hydrogens is 302 g/mol. The first-order chi connectivity index (χ1) is 6.25. The number of benzene rings is 1. The van der Waals surface area contributed by atoms with E-state index in [-0.39, 0.29) is 5.35 Å². The molecule has 0 unspecified atom stereocenters. The van der Waals surface area contributed by atoms with Gasteiger partial charge in [-0.1, -0.05) is 17.3 Å². The molecule has 0 amide bonds. The van der Waals surface area contributed by atoms with Gasteiger partial charge in [-0.3, -0.25) is 0 Å². The zero-order valence-corrected chi connectivity index (χ0v) is 9.28. The van der Waals surface area contributed by atoms with E-state index in [2.05, 4.69) is 37.3 Å². The van der Waals surface area contributed by atoms with Crippen LogP contribution in [0.3, 0.4) is 0 Å². The zero-order chi connectivity index (χ0) is 9.26. The third kappa shape index (κ3) is 2.00. The van der Waals surface area contributed by atoms with Gasteiger partial charge in [0.25, 0.3) is 0 Å². The summed E-state index contributed by atoms with van der Waals surface area (Å²) < 4.78 is 5.78. The van der Waals surface area contributed by atoms with Crippen molar-refractivity contribution in [3.05, 3.63) is 33.2 Å². The highest BCUT2D eigenvalue weighted by molar-refractivity contribution is 14.1. The summed E-state index contributed by atoms with van der Waals surface area (Å²) in [6, 6.07) is 7.79.